The molecule has 1 heterocycles. The Bertz CT molecular complexity index is 1050. The van der Waals surface area contributed by atoms with Crippen LogP contribution in [-0.4, -0.2) is 36.2 Å². The minimum absolute atomic E-state index is 0.0282. The molecule has 32 heavy (non-hydrogen) atoms. The summed E-state index contributed by atoms with van der Waals surface area (Å²) in [4.78, 5) is 23.2. The molecule has 1 aliphatic rings. The van der Waals surface area contributed by atoms with Crippen molar-refractivity contribution in [3.05, 3.63) is 68.7 Å². The third-order valence-electron chi connectivity index (χ3n) is 4.80. The van der Waals surface area contributed by atoms with Crippen molar-refractivity contribution in [2.24, 2.45) is 0 Å². The summed E-state index contributed by atoms with van der Waals surface area (Å²) >= 11 is 12.6. The van der Waals surface area contributed by atoms with Crippen LogP contribution in [0.4, 0.5) is 0 Å². The van der Waals surface area contributed by atoms with E-state index in [1.165, 1.54) is 18.2 Å². The molecule has 1 aliphatic heterocycles. The first kappa shape index (κ1) is 23.6. The lowest BCUT2D eigenvalue weighted by Crippen LogP contribution is -2.32. The maximum absolute atomic E-state index is 12.3. The summed E-state index contributed by atoms with van der Waals surface area (Å²) in [5.74, 6) is -1.26. The summed E-state index contributed by atoms with van der Waals surface area (Å²) in [6.45, 7) is 1.16. The number of nitrogens with zero attached hydrogens (tertiary/aromatic N) is 1. The summed E-state index contributed by atoms with van der Waals surface area (Å²) < 4.78 is 11.2. The van der Waals surface area contributed by atoms with Crippen molar-refractivity contribution in [2.45, 2.75) is 25.6 Å². The highest BCUT2D eigenvalue weighted by Gasteiger charge is 2.18. The van der Waals surface area contributed by atoms with E-state index in [0.29, 0.717) is 18.7 Å². The number of aromatic carboxylic acids is 1. The van der Waals surface area contributed by atoms with Gasteiger partial charge in [-0.2, -0.15) is 5.26 Å². The molecule has 9 heteroatoms. The molecule has 1 unspecified atom stereocenters. The monoisotopic (exact) mass is 474 g/mol. The number of rotatable bonds is 8. The molecule has 0 saturated carbocycles. The molecule has 1 amide bonds. The van der Waals surface area contributed by atoms with Gasteiger partial charge >= 0.3 is 5.97 Å². The second-order valence-corrected chi connectivity index (χ2v) is 7.93. The van der Waals surface area contributed by atoms with Gasteiger partial charge in [-0.3, -0.25) is 4.79 Å². The van der Waals surface area contributed by atoms with E-state index in [-0.39, 0.29) is 39.6 Å². The van der Waals surface area contributed by atoms with Crippen LogP contribution in [0.15, 0.2) is 42.0 Å². The van der Waals surface area contributed by atoms with Gasteiger partial charge in [-0.15, -0.1) is 0 Å². The van der Waals surface area contributed by atoms with E-state index in [1.807, 2.05) is 6.07 Å². The van der Waals surface area contributed by atoms with Gasteiger partial charge in [0, 0.05) is 13.2 Å². The minimum Gasteiger partial charge on any atom is -0.486 e. The number of hydrogen-bond donors (Lipinski definition) is 2. The van der Waals surface area contributed by atoms with Gasteiger partial charge < -0.3 is 19.9 Å². The third kappa shape index (κ3) is 6.24. The highest BCUT2D eigenvalue weighted by atomic mass is 35.5. The summed E-state index contributed by atoms with van der Waals surface area (Å²) in [5.41, 5.74) is 1.30. The van der Waals surface area contributed by atoms with Crippen molar-refractivity contribution >= 4 is 41.2 Å². The molecule has 3 rings (SSSR count). The fraction of sp³-hybridized carbons (Fsp3) is 0.261. The van der Waals surface area contributed by atoms with Gasteiger partial charge in [0.2, 0.25) is 0 Å². The minimum atomic E-state index is -1.01. The van der Waals surface area contributed by atoms with Gasteiger partial charge in [0.25, 0.3) is 5.91 Å². The van der Waals surface area contributed by atoms with Crippen molar-refractivity contribution < 1.29 is 24.2 Å². The number of carbonyl (C=O) groups excluding carboxylic acids is 1. The first-order valence-corrected chi connectivity index (χ1v) is 10.6. The van der Waals surface area contributed by atoms with Crippen LogP contribution >= 0.6 is 23.2 Å². The Hall–Kier alpha value is -3.05. The lowest BCUT2D eigenvalue weighted by Gasteiger charge is -2.12. The van der Waals surface area contributed by atoms with E-state index in [4.69, 9.17) is 37.8 Å². The molecule has 0 aromatic heterocycles. The Morgan fingerprint density at radius 2 is 1.94 bits per heavy atom. The third-order valence-corrected chi connectivity index (χ3v) is 5.36. The fourth-order valence-corrected chi connectivity index (χ4v) is 3.74. The Labute approximate surface area is 195 Å². The van der Waals surface area contributed by atoms with E-state index >= 15 is 0 Å². The molecule has 1 atom stereocenters. The average Bonchev–Trinajstić information content (AvgIpc) is 3.29. The lowest BCUT2D eigenvalue weighted by atomic mass is 10.1. The number of benzene rings is 2. The number of hydrogen-bond acceptors (Lipinski definition) is 5. The Kier molecular flexibility index (Phi) is 8.12. The second kappa shape index (κ2) is 11.0. The van der Waals surface area contributed by atoms with Crippen molar-refractivity contribution in [3.63, 3.8) is 0 Å². The molecule has 1 fully saturated rings. The zero-order valence-electron chi connectivity index (χ0n) is 16.9. The molecule has 0 radical (unpaired) electrons. The second-order valence-electron chi connectivity index (χ2n) is 7.12. The smallest absolute Gasteiger partial charge is 0.335 e. The van der Waals surface area contributed by atoms with Crippen LogP contribution in [0.25, 0.3) is 6.08 Å². The molecule has 0 bridgehead atoms. The number of nitriles is 1. The van der Waals surface area contributed by atoms with Gasteiger partial charge in [-0.25, -0.2) is 4.79 Å². The number of nitrogens with one attached hydrogen (secondary N) is 1. The van der Waals surface area contributed by atoms with Gasteiger partial charge in [-0.1, -0.05) is 35.3 Å². The normalized spacial score (nSPS) is 15.8. The highest BCUT2D eigenvalue weighted by molar-refractivity contribution is 6.37. The van der Waals surface area contributed by atoms with E-state index < -0.39 is 11.9 Å². The molecular weight excluding hydrogens is 455 g/mol. The van der Waals surface area contributed by atoms with Gasteiger partial charge in [-0.05, 0) is 54.3 Å². The molecule has 7 nitrogen and oxygen atoms in total. The van der Waals surface area contributed by atoms with Gasteiger partial charge in [0.05, 0.1) is 21.7 Å². The van der Waals surface area contributed by atoms with Crippen LogP contribution in [0.5, 0.6) is 5.75 Å². The Morgan fingerprint density at radius 3 is 2.50 bits per heavy atom. The van der Waals surface area contributed by atoms with Crippen molar-refractivity contribution in [3.8, 4) is 11.8 Å². The quantitative estimate of drug-likeness (QED) is 0.431. The summed E-state index contributed by atoms with van der Waals surface area (Å²) in [5, 5.41) is 21.4. The zero-order chi connectivity index (χ0) is 23.1. The van der Waals surface area contributed by atoms with Crippen LogP contribution in [0.1, 0.15) is 34.3 Å². The number of carboxylic acids is 1. The lowest BCUT2D eigenvalue weighted by molar-refractivity contribution is -0.117. The molecule has 166 valence electrons. The maximum Gasteiger partial charge on any atom is 0.335 e. The number of amides is 1. The molecule has 2 aromatic carbocycles. The van der Waals surface area contributed by atoms with Crippen molar-refractivity contribution in [1.82, 2.24) is 5.32 Å². The molecule has 0 aliphatic carbocycles. The Balaban J connectivity index is 1.67. The number of ether oxygens (including phenoxy) is 2. The fourth-order valence-electron chi connectivity index (χ4n) is 3.12. The molecule has 2 aromatic rings. The standard InChI is InChI=1S/C23H20Cl2N2O5/c24-19-9-15(8-17(11-26)22(28)27-12-18-2-1-7-31-18)10-20(25)21(19)32-13-14-3-5-16(6-4-14)23(29)30/h3-6,8-10,18H,1-2,7,12-13H2,(H,27,28)(H,29,30). The topological polar surface area (TPSA) is 109 Å². The van der Waals surface area contributed by atoms with Crippen LogP contribution < -0.4 is 10.1 Å². The van der Waals surface area contributed by atoms with Gasteiger partial charge in [0.1, 0.15) is 18.2 Å². The highest BCUT2D eigenvalue weighted by Crippen LogP contribution is 2.35. The van der Waals surface area contributed by atoms with Crippen LogP contribution in [0, 0.1) is 11.3 Å². The SMILES string of the molecule is N#CC(=Cc1cc(Cl)c(OCc2ccc(C(=O)O)cc2)c(Cl)c1)C(=O)NCC1CCCO1. The predicted molar refractivity (Wildman–Crippen MR) is 120 cm³/mol. The summed E-state index contributed by atoms with van der Waals surface area (Å²) in [6, 6.07) is 11.2. The maximum atomic E-state index is 12.3. The van der Waals surface area contributed by atoms with E-state index in [9.17, 15) is 14.9 Å². The first-order valence-electron chi connectivity index (χ1n) is 9.83. The average molecular weight is 475 g/mol. The Morgan fingerprint density at radius 1 is 1.25 bits per heavy atom. The van der Waals surface area contributed by atoms with Gasteiger partial charge in [0.15, 0.2) is 5.75 Å². The summed E-state index contributed by atoms with van der Waals surface area (Å²) in [6.07, 6.45) is 3.21. The largest absolute Gasteiger partial charge is 0.486 e. The molecule has 0 spiro atoms. The predicted octanol–water partition coefficient (Wildman–Crippen LogP) is 4.47. The van der Waals surface area contributed by atoms with Crippen LogP contribution in [0.3, 0.4) is 0 Å². The van der Waals surface area contributed by atoms with Crippen molar-refractivity contribution in [1.29, 1.82) is 5.26 Å². The number of carboxylic acid groups (broad SMARTS) is 1. The van der Waals surface area contributed by atoms with E-state index in [1.54, 1.807) is 24.3 Å². The summed E-state index contributed by atoms with van der Waals surface area (Å²) in [7, 11) is 0. The van der Waals surface area contributed by atoms with Crippen LogP contribution in [-0.2, 0) is 16.1 Å². The number of carbonyl (C=O) groups is 2. The van der Waals surface area contributed by atoms with E-state index in [0.717, 1.165) is 18.4 Å². The number of halogens is 2. The molecule has 2 N–H and O–H groups in total. The molecule has 1 saturated heterocycles. The van der Waals surface area contributed by atoms with E-state index in [2.05, 4.69) is 5.32 Å². The molecular formula is C23H20Cl2N2O5. The van der Waals surface area contributed by atoms with Crippen molar-refractivity contribution in [2.75, 3.05) is 13.2 Å². The zero-order valence-corrected chi connectivity index (χ0v) is 18.4. The van der Waals surface area contributed by atoms with Crippen LogP contribution in [0.2, 0.25) is 10.0 Å². The first-order chi connectivity index (χ1) is 15.4.